The van der Waals surface area contributed by atoms with Gasteiger partial charge in [-0.3, -0.25) is 4.79 Å². The number of carbonyl (C=O) groups is 1. The molecule has 1 aliphatic rings. The van der Waals surface area contributed by atoms with Crippen molar-refractivity contribution in [3.8, 4) is 5.75 Å². The summed E-state index contributed by atoms with van der Waals surface area (Å²) in [5.74, 6) is 0.977. The van der Waals surface area contributed by atoms with Gasteiger partial charge in [-0.05, 0) is 36.4 Å². The van der Waals surface area contributed by atoms with Crippen molar-refractivity contribution in [2.45, 2.75) is 25.4 Å². The first-order valence-corrected chi connectivity index (χ1v) is 9.29. The molecule has 2 heterocycles. The van der Waals surface area contributed by atoms with Crippen LogP contribution < -0.4 is 4.74 Å². The molecule has 4 nitrogen and oxygen atoms in total. The highest BCUT2D eigenvalue weighted by molar-refractivity contribution is 7.10. The number of thiophene rings is 1. The lowest BCUT2D eigenvalue weighted by Gasteiger charge is -2.25. The monoisotopic (exact) mass is 345 g/mol. The summed E-state index contributed by atoms with van der Waals surface area (Å²) >= 11 is 1.62. The maximum atomic E-state index is 12.7. The quantitative estimate of drug-likeness (QED) is 0.736. The molecule has 2 aromatic rings. The van der Waals surface area contributed by atoms with Crippen molar-refractivity contribution in [1.29, 1.82) is 0 Å². The molecule has 0 radical (unpaired) electrons. The zero-order chi connectivity index (χ0) is 16.6. The number of amides is 1. The van der Waals surface area contributed by atoms with E-state index in [1.165, 1.54) is 0 Å². The van der Waals surface area contributed by atoms with Gasteiger partial charge in [0, 0.05) is 18.0 Å². The van der Waals surface area contributed by atoms with Crippen LogP contribution >= 0.6 is 11.3 Å². The maximum absolute atomic E-state index is 12.7. The van der Waals surface area contributed by atoms with Crippen LogP contribution in [0.4, 0.5) is 0 Å². The molecule has 128 valence electrons. The molecule has 1 aliphatic heterocycles. The molecule has 1 fully saturated rings. The number of ether oxygens (including phenoxy) is 2. The lowest BCUT2D eigenvalue weighted by molar-refractivity contribution is -0.132. The highest BCUT2D eigenvalue weighted by Crippen LogP contribution is 2.16. The fourth-order valence-corrected chi connectivity index (χ4v) is 3.51. The van der Waals surface area contributed by atoms with Crippen LogP contribution in [0, 0.1) is 0 Å². The van der Waals surface area contributed by atoms with Crippen molar-refractivity contribution < 1.29 is 14.3 Å². The first kappa shape index (κ1) is 17.0. The molecule has 0 N–H and O–H groups in total. The molecule has 1 aromatic carbocycles. The number of para-hydroxylation sites is 1. The van der Waals surface area contributed by atoms with Gasteiger partial charge < -0.3 is 14.4 Å². The van der Waals surface area contributed by atoms with Crippen LogP contribution in [-0.2, 0) is 16.0 Å². The molecule has 3 rings (SSSR count). The predicted molar refractivity (Wildman–Crippen MR) is 95.5 cm³/mol. The summed E-state index contributed by atoms with van der Waals surface area (Å²) in [6, 6.07) is 13.7. The summed E-state index contributed by atoms with van der Waals surface area (Å²) in [5, 5.41) is 2.01. The minimum absolute atomic E-state index is 0.143. The summed E-state index contributed by atoms with van der Waals surface area (Å²) < 4.78 is 11.5. The molecule has 1 amide bonds. The van der Waals surface area contributed by atoms with Crippen molar-refractivity contribution in [3.05, 3.63) is 52.7 Å². The zero-order valence-electron chi connectivity index (χ0n) is 13.7. The van der Waals surface area contributed by atoms with Crippen LogP contribution in [0.1, 0.15) is 17.7 Å². The first-order chi connectivity index (χ1) is 11.8. The Balaban J connectivity index is 1.54. The van der Waals surface area contributed by atoms with Gasteiger partial charge in [-0.2, -0.15) is 0 Å². The number of hydrogen-bond acceptors (Lipinski definition) is 4. The molecule has 24 heavy (non-hydrogen) atoms. The number of benzene rings is 1. The Labute approximate surface area is 147 Å². The van der Waals surface area contributed by atoms with E-state index in [9.17, 15) is 4.79 Å². The normalized spacial score (nSPS) is 16.9. The second kappa shape index (κ2) is 8.85. The van der Waals surface area contributed by atoms with Gasteiger partial charge in [-0.15, -0.1) is 11.3 Å². The Bertz CT molecular complexity index is 609. The van der Waals surface area contributed by atoms with Gasteiger partial charge in [0.2, 0.25) is 5.91 Å². The number of nitrogens with zero attached hydrogens (tertiary/aromatic N) is 1. The van der Waals surface area contributed by atoms with Crippen LogP contribution in [0.5, 0.6) is 5.75 Å². The third kappa shape index (κ3) is 5.08. The molecule has 5 heteroatoms. The minimum atomic E-state index is 0.143. The standard InChI is InChI=1S/C19H23NO3S/c21-19(14-18-9-5-13-24-18)20(15-17-8-4-11-22-17)10-12-23-16-6-2-1-3-7-16/h1-3,5-7,9,13,17H,4,8,10-12,14-15H2. The molecule has 1 atom stereocenters. The van der Waals surface area contributed by atoms with E-state index < -0.39 is 0 Å². The van der Waals surface area contributed by atoms with E-state index in [2.05, 4.69) is 0 Å². The van der Waals surface area contributed by atoms with Gasteiger partial charge in [0.1, 0.15) is 12.4 Å². The van der Waals surface area contributed by atoms with Crippen molar-refractivity contribution in [1.82, 2.24) is 4.90 Å². The van der Waals surface area contributed by atoms with E-state index in [4.69, 9.17) is 9.47 Å². The predicted octanol–water partition coefficient (Wildman–Crippen LogP) is 3.38. The lowest BCUT2D eigenvalue weighted by atomic mass is 10.2. The summed E-state index contributed by atoms with van der Waals surface area (Å²) in [5.41, 5.74) is 0. The van der Waals surface area contributed by atoms with Crippen LogP contribution in [-0.4, -0.2) is 43.2 Å². The third-order valence-corrected chi connectivity index (χ3v) is 4.96. The van der Waals surface area contributed by atoms with E-state index in [0.29, 0.717) is 26.1 Å². The number of hydrogen-bond donors (Lipinski definition) is 0. The molecule has 0 bridgehead atoms. The van der Waals surface area contributed by atoms with E-state index in [-0.39, 0.29) is 12.0 Å². The minimum Gasteiger partial charge on any atom is -0.492 e. The largest absolute Gasteiger partial charge is 0.492 e. The topological polar surface area (TPSA) is 38.8 Å². The smallest absolute Gasteiger partial charge is 0.228 e. The summed E-state index contributed by atoms with van der Waals surface area (Å²) in [7, 11) is 0. The van der Waals surface area contributed by atoms with Crippen LogP contribution in [0.3, 0.4) is 0 Å². The molecule has 0 spiro atoms. The highest BCUT2D eigenvalue weighted by atomic mass is 32.1. The van der Waals surface area contributed by atoms with Crippen molar-refractivity contribution in [3.63, 3.8) is 0 Å². The number of rotatable bonds is 8. The Morgan fingerprint density at radius 2 is 2.12 bits per heavy atom. The molecular weight excluding hydrogens is 322 g/mol. The maximum Gasteiger partial charge on any atom is 0.228 e. The molecule has 1 unspecified atom stereocenters. The van der Waals surface area contributed by atoms with E-state index in [1.807, 2.05) is 52.7 Å². The summed E-state index contributed by atoms with van der Waals surface area (Å²) in [6.07, 6.45) is 2.73. The average Bonchev–Trinajstić information content (AvgIpc) is 3.29. The zero-order valence-corrected chi connectivity index (χ0v) is 14.5. The van der Waals surface area contributed by atoms with Crippen molar-refractivity contribution in [2.24, 2.45) is 0 Å². The molecule has 1 saturated heterocycles. The Kier molecular flexibility index (Phi) is 6.26. The van der Waals surface area contributed by atoms with Gasteiger partial charge in [-0.25, -0.2) is 0 Å². The molecule has 1 aromatic heterocycles. The van der Waals surface area contributed by atoms with Gasteiger partial charge >= 0.3 is 0 Å². The van der Waals surface area contributed by atoms with E-state index in [1.54, 1.807) is 11.3 Å². The molecule has 0 saturated carbocycles. The van der Waals surface area contributed by atoms with E-state index >= 15 is 0 Å². The molecule has 0 aliphatic carbocycles. The third-order valence-electron chi connectivity index (χ3n) is 4.08. The lowest BCUT2D eigenvalue weighted by Crippen LogP contribution is -2.40. The summed E-state index contributed by atoms with van der Waals surface area (Å²) in [4.78, 5) is 15.6. The van der Waals surface area contributed by atoms with Gasteiger partial charge in [0.15, 0.2) is 0 Å². The van der Waals surface area contributed by atoms with E-state index in [0.717, 1.165) is 30.1 Å². The number of carbonyl (C=O) groups excluding carboxylic acids is 1. The highest BCUT2D eigenvalue weighted by Gasteiger charge is 2.22. The van der Waals surface area contributed by atoms with Gasteiger partial charge in [0.05, 0.1) is 19.1 Å². The second-order valence-corrected chi connectivity index (χ2v) is 6.92. The Hall–Kier alpha value is -1.85. The second-order valence-electron chi connectivity index (χ2n) is 5.89. The van der Waals surface area contributed by atoms with Crippen LogP contribution in [0.2, 0.25) is 0 Å². The van der Waals surface area contributed by atoms with Gasteiger partial charge in [0.25, 0.3) is 0 Å². The van der Waals surface area contributed by atoms with Crippen molar-refractivity contribution in [2.75, 3.05) is 26.3 Å². The van der Waals surface area contributed by atoms with Crippen LogP contribution in [0.25, 0.3) is 0 Å². The molecular formula is C19H23NO3S. The fraction of sp³-hybridized carbons (Fsp3) is 0.421. The average molecular weight is 345 g/mol. The van der Waals surface area contributed by atoms with Crippen molar-refractivity contribution >= 4 is 17.2 Å². The Morgan fingerprint density at radius 3 is 2.83 bits per heavy atom. The SMILES string of the molecule is O=C(Cc1cccs1)N(CCOc1ccccc1)CC1CCCO1. The Morgan fingerprint density at radius 1 is 1.25 bits per heavy atom. The first-order valence-electron chi connectivity index (χ1n) is 8.41. The summed E-state index contributed by atoms with van der Waals surface area (Å²) in [6.45, 7) is 2.53. The fourth-order valence-electron chi connectivity index (χ4n) is 2.82. The van der Waals surface area contributed by atoms with Crippen LogP contribution in [0.15, 0.2) is 47.8 Å². The van der Waals surface area contributed by atoms with Gasteiger partial charge in [-0.1, -0.05) is 24.3 Å².